The first kappa shape index (κ1) is 124. The molecule has 2 aromatic carbocycles. The van der Waals surface area contributed by atoms with E-state index >= 15 is 0 Å². The van der Waals surface area contributed by atoms with Gasteiger partial charge < -0.3 is 128 Å². The maximum atomic E-state index is 12.8. The minimum atomic E-state index is -0.692. The SMILES string of the molecule is CC(C)C[C@H](COC(C)C)[C@H]1OCO[C@@H](COC(C)C)[C@H]1OC(C)C.CC(C)OCC1OC(OCc2ccccc2)C(OC(C)C)C(OC(C)C)C1OC(C)C.CC(C)OCN1C(=O)N(COC(C)C)C(OC(C)C)C1OC(C)C.CC(C)O[C@@H]1[C@H](OC(C)C)[C@@H](OC(C)C)[C@H]2O[C@@H]2[C@@H]1OC(C)C.COc1ccc(OC2OC(COC(C)C)C(OC(C)C)C(OC(C)C)C2OC(C)C)cc1. The Morgan fingerprint density at radius 3 is 0.985 bits per heavy atom. The predicted molar refractivity (Wildman–Crippen MR) is 524 cm³/mol. The van der Waals surface area contributed by atoms with E-state index in [4.69, 9.17) is 128 Å². The molecule has 2 aromatic rings. The molecular weight excluding hydrogens is 1740 g/mol. The van der Waals surface area contributed by atoms with E-state index in [2.05, 4.69) is 27.7 Å². The summed E-state index contributed by atoms with van der Waals surface area (Å²) in [6, 6.07) is 17.3. The summed E-state index contributed by atoms with van der Waals surface area (Å²) in [5.41, 5.74) is 1.08. The highest BCUT2D eigenvalue weighted by Gasteiger charge is 2.64. The maximum Gasteiger partial charge on any atom is 0.328 e. The molecule has 30 heteroatoms. The first-order chi connectivity index (χ1) is 63.3. The number of carbonyl (C=O) groups is 1. The zero-order valence-electron chi connectivity index (χ0n) is 91.1. The van der Waals surface area contributed by atoms with E-state index < -0.39 is 43.3 Å². The van der Waals surface area contributed by atoms with Crippen LogP contribution in [-0.2, 0) is 125 Å². The van der Waals surface area contributed by atoms with Gasteiger partial charge in [0.05, 0.1) is 162 Å². The van der Waals surface area contributed by atoms with E-state index in [0.29, 0.717) is 44.7 Å². The second kappa shape index (κ2) is 63.5. The van der Waals surface area contributed by atoms with Crippen LogP contribution in [0.5, 0.6) is 11.5 Å². The monoisotopic (exact) mass is 1930 g/mol. The number of urea groups is 1. The summed E-state index contributed by atoms with van der Waals surface area (Å²) in [6.45, 7) is 83.7. The van der Waals surface area contributed by atoms with Gasteiger partial charge in [0.2, 0.25) is 6.29 Å². The lowest BCUT2D eigenvalue weighted by Crippen LogP contribution is -2.64. The van der Waals surface area contributed by atoms with Crippen molar-refractivity contribution in [2.45, 2.75) is 535 Å². The predicted octanol–water partition coefficient (Wildman–Crippen LogP) is 19.3. The molecule has 5 heterocycles. The molecule has 22 atom stereocenters. The van der Waals surface area contributed by atoms with Crippen molar-refractivity contribution < 1.29 is 133 Å². The van der Waals surface area contributed by atoms with Gasteiger partial charge in [-0.1, -0.05) is 44.2 Å². The van der Waals surface area contributed by atoms with Crippen LogP contribution >= 0.6 is 0 Å². The molecule has 5 saturated heterocycles. The largest absolute Gasteiger partial charge is 0.497 e. The standard InChI is InChI=1S/C25H42O7.C25H42O6.C20H40O5.C18H34O5.C17H34N2O5/c1-15(2)27-14-21-22(28-16(3)4)23(29-17(5)6)24(30-18(7)8)25(32-21)31-20-12-10-19(26-9)11-13-20;1-16(2)26-15-21-22(28-17(3)4)23(29-18(5)6)24(30-19(7)8)25(31-21)27-14-20-12-10-9-11-13-20;1-13(2)9-17(10-21-14(3)4)19-20(25-16(7)8)18(23-12-24-19)11-22-15(5)6;1-9(2)19-13-14(20-10(3)4)16(22-12(7)8)18-17(23-18)15(13)21-11(5)6;1-11(2)21-9-18-15(23-13(5)6)16(24-14(7)8)19(17(18)20)10-22-12(3)4/h10-13,15-18,21-25H,14H2,1-9H3;9-13,16-19,21-25H,14-15H2,1-8H3;13-20H,9-12H2,1-8H3;9-18H,1-8H3;11-16H,9-10H2,1-8H3/t;;17-,18+,19-,20-;13-,14+,15-,16-,17-,18-;/m..11./s1. The van der Waals surface area contributed by atoms with Crippen LogP contribution in [0, 0.1) is 11.8 Å². The second-order valence-corrected chi connectivity index (χ2v) is 41.3. The number of ether oxygens (including phenoxy) is 27. The summed E-state index contributed by atoms with van der Waals surface area (Å²) >= 11 is 0. The molecular formula is C105H192N2O28. The fourth-order valence-electron chi connectivity index (χ4n) is 15.9. The molecule has 790 valence electrons. The van der Waals surface area contributed by atoms with Gasteiger partial charge in [-0.2, -0.15) is 0 Å². The van der Waals surface area contributed by atoms with Gasteiger partial charge in [-0.15, -0.1) is 0 Å². The fraction of sp³-hybridized carbons (Fsp3) is 0.876. The highest BCUT2D eigenvalue weighted by atomic mass is 16.8. The highest BCUT2D eigenvalue weighted by molar-refractivity contribution is 5.77. The first-order valence-corrected chi connectivity index (χ1v) is 50.7. The summed E-state index contributed by atoms with van der Waals surface area (Å²) in [5, 5.41) is 0. The molecule has 6 aliphatic rings. The molecule has 1 aliphatic carbocycles. The minimum Gasteiger partial charge on any atom is -0.497 e. The molecule has 0 aromatic heterocycles. The number of nitrogens with zero attached hydrogens (tertiary/aromatic N) is 2. The molecule has 0 spiro atoms. The Kier molecular flexibility index (Phi) is 58.1. The smallest absolute Gasteiger partial charge is 0.328 e. The Hall–Kier alpha value is -3.69. The van der Waals surface area contributed by atoms with Crippen LogP contribution in [0.25, 0.3) is 0 Å². The van der Waals surface area contributed by atoms with E-state index in [0.717, 1.165) is 17.7 Å². The van der Waals surface area contributed by atoms with Crippen LogP contribution in [0.3, 0.4) is 0 Å². The average molecular weight is 1930 g/mol. The average Bonchev–Trinajstić information content (AvgIpc) is 0.880. The van der Waals surface area contributed by atoms with Gasteiger partial charge >= 0.3 is 6.03 Å². The Balaban J connectivity index is 0.000000355. The van der Waals surface area contributed by atoms with Crippen molar-refractivity contribution in [3.63, 3.8) is 0 Å². The van der Waals surface area contributed by atoms with Gasteiger partial charge in [0.1, 0.15) is 129 Å². The molecule has 30 nitrogen and oxygen atoms in total. The van der Waals surface area contributed by atoms with Crippen molar-refractivity contribution in [2.75, 3.05) is 53.8 Å². The topological polar surface area (TPSA) is 276 Å². The van der Waals surface area contributed by atoms with Crippen molar-refractivity contribution in [3.05, 3.63) is 60.2 Å². The third kappa shape index (κ3) is 46.3. The molecule has 135 heavy (non-hydrogen) atoms. The number of rotatable bonds is 53. The second-order valence-electron chi connectivity index (χ2n) is 41.3. The zero-order chi connectivity index (χ0) is 102. The maximum absolute atomic E-state index is 12.8. The van der Waals surface area contributed by atoms with Crippen molar-refractivity contribution >= 4 is 6.03 Å². The van der Waals surface area contributed by atoms with E-state index in [-0.39, 0.29) is 234 Å². The van der Waals surface area contributed by atoms with Crippen LogP contribution in [-0.4, -0.2) is 314 Å². The summed E-state index contributed by atoms with van der Waals surface area (Å²) in [4.78, 5) is 16.0. The van der Waals surface area contributed by atoms with Gasteiger partial charge in [-0.25, -0.2) is 4.79 Å². The number of hydrogen-bond donors (Lipinski definition) is 0. The molecule has 5 aliphatic heterocycles. The molecule has 12 unspecified atom stereocenters. The van der Waals surface area contributed by atoms with Gasteiger partial charge in [-0.3, -0.25) is 9.80 Å². The Bertz CT molecular complexity index is 3260. The van der Waals surface area contributed by atoms with Crippen molar-refractivity contribution in [3.8, 4) is 11.5 Å². The van der Waals surface area contributed by atoms with Crippen LogP contribution in [0.15, 0.2) is 54.6 Å². The Labute approximate surface area is 816 Å². The number of epoxide rings is 1. The Morgan fingerprint density at radius 2 is 0.630 bits per heavy atom. The lowest BCUT2D eigenvalue weighted by Gasteiger charge is -2.47. The molecule has 1 saturated carbocycles. The number of benzene rings is 2. The minimum absolute atomic E-state index is 0.000986. The molecule has 2 amide bonds. The first-order valence-electron chi connectivity index (χ1n) is 50.7. The third-order valence-electron chi connectivity index (χ3n) is 20.8. The molecule has 8 rings (SSSR count). The van der Waals surface area contributed by atoms with Crippen LogP contribution < -0.4 is 9.47 Å². The Morgan fingerprint density at radius 1 is 0.311 bits per heavy atom. The number of methoxy groups -OCH3 is 1. The summed E-state index contributed by atoms with van der Waals surface area (Å²) in [5.74, 6) is 2.25. The normalized spacial score (nSPS) is 27.5. The van der Waals surface area contributed by atoms with Crippen LogP contribution in [0.4, 0.5) is 4.79 Å². The molecule has 6 fully saturated rings. The molecule has 0 N–H and O–H groups in total. The summed E-state index contributed by atoms with van der Waals surface area (Å²) < 4.78 is 164. The number of fused-ring (bicyclic) bond motifs is 1. The van der Waals surface area contributed by atoms with Gasteiger partial charge in [0.15, 0.2) is 18.7 Å². The van der Waals surface area contributed by atoms with Crippen molar-refractivity contribution in [2.24, 2.45) is 11.8 Å². The van der Waals surface area contributed by atoms with Crippen molar-refractivity contribution in [1.29, 1.82) is 0 Å². The van der Waals surface area contributed by atoms with Gasteiger partial charge in [0, 0.05) is 5.92 Å². The van der Waals surface area contributed by atoms with E-state index in [1.54, 1.807) is 16.9 Å². The number of amides is 2. The van der Waals surface area contributed by atoms with E-state index in [1.807, 2.05) is 304 Å². The fourth-order valence-corrected chi connectivity index (χ4v) is 15.9. The number of carbonyl (C=O) groups excluding carboxylic acids is 1. The van der Waals surface area contributed by atoms with Gasteiger partial charge in [0.25, 0.3) is 0 Å². The molecule has 0 radical (unpaired) electrons. The third-order valence-corrected chi connectivity index (χ3v) is 20.8. The lowest BCUT2D eigenvalue weighted by molar-refractivity contribution is -0.337. The highest BCUT2D eigenvalue weighted by Crippen LogP contribution is 2.45. The number of hydrogen-bond acceptors (Lipinski definition) is 28. The summed E-state index contributed by atoms with van der Waals surface area (Å²) in [6.07, 6.45) is -4.32. The van der Waals surface area contributed by atoms with E-state index in [9.17, 15) is 4.79 Å². The van der Waals surface area contributed by atoms with Gasteiger partial charge in [-0.05, 0) is 305 Å². The van der Waals surface area contributed by atoms with E-state index in [1.165, 1.54) is 0 Å². The zero-order valence-corrected chi connectivity index (χ0v) is 91.1. The molecule has 0 bridgehead atoms. The van der Waals surface area contributed by atoms with Crippen molar-refractivity contribution in [1.82, 2.24) is 9.80 Å². The lowest BCUT2D eigenvalue weighted by atomic mass is 9.87. The quantitative estimate of drug-likeness (QED) is 0.0556. The summed E-state index contributed by atoms with van der Waals surface area (Å²) in [7, 11) is 1.63. The van der Waals surface area contributed by atoms with Crippen LogP contribution in [0.2, 0.25) is 0 Å². The van der Waals surface area contributed by atoms with Crippen LogP contribution in [0.1, 0.15) is 289 Å².